The Morgan fingerprint density at radius 1 is 0.966 bits per heavy atom. The number of carbonyl (C=O) groups is 6. The fraction of sp³-hybridized carbons (Fsp3) is 0.436. The van der Waals surface area contributed by atoms with Gasteiger partial charge >= 0.3 is 18.2 Å². The number of phenolic OH excluding ortho intramolecular Hbond substituents is 1. The number of allylic oxidation sites excluding steroid dienone is 1. The van der Waals surface area contributed by atoms with Gasteiger partial charge in [0, 0.05) is 30.9 Å². The van der Waals surface area contributed by atoms with Gasteiger partial charge in [-0.05, 0) is 83.3 Å². The van der Waals surface area contributed by atoms with Gasteiger partial charge in [-0.3, -0.25) is 29.0 Å². The van der Waals surface area contributed by atoms with Gasteiger partial charge in [-0.2, -0.15) is 13.2 Å². The second-order valence-corrected chi connectivity index (χ2v) is 15.7. The Kier molecular flexibility index (Phi) is 11.6. The van der Waals surface area contributed by atoms with E-state index >= 15 is 0 Å². The molecule has 3 aliphatic rings. The van der Waals surface area contributed by atoms with E-state index in [2.05, 4.69) is 5.32 Å². The van der Waals surface area contributed by atoms with Crippen LogP contribution in [0.5, 0.6) is 5.75 Å². The van der Waals surface area contributed by atoms with Crippen LogP contribution in [0, 0.1) is 17.8 Å². The number of aromatic hydroxyl groups is 1. The summed E-state index contributed by atoms with van der Waals surface area (Å²) in [7, 11) is 6.55. The number of phenols is 1. The molecule has 0 aromatic heterocycles. The molecule has 5 rings (SSSR count). The van der Waals surface area contributed by atoms with Gasteiger partial charge in [-0.25, -0.2) is 9.59 Å². The molecule has 1 saturated carbocycles. The molecule has 0 heterocycles. The number of amides is 3. The Labute approximate surface area is 330 Å². The zero-order chi connectivity index (χ0) is 43.3. The number of fused-ring (bicyclic) bond motifs is 3. The van der Waals surface area contributed by atoms with Crippen LogP contribution in [0.4, 0.5) is 29.3 Å². The first-order chi connectivity index (χ1) is 26.9. The number of benzene rings is 2. The maximum Gasteiger partial charge on any atom is 0.417 e. The molecule has 1 fully saturated rings. The Morgan fingerprint density at radius 2 is 1.60 bits per heavy atom. The Hall–Kier alpha value is -6.11. The first-order valence-corrected chi connectivity index (χ1v) is 17.9. The number of ketones is 2. The number of hydrogen-bond donors (Lipinski definition) is 5. The monoisotopic (exact) mass is 815 g/mol. The highest BCUT2D eigenvalue weighted by atomic mass is 19.4. The smallest absolute Gasteiger partial charge is 0.417 e. The number of halogens is 3. The van der Waals surface area contributed by atoms with Crippen molar-refractivity contribution in [1.29, 1.82) is 0 Å². The van der Waals surface area contributed by atoms with Gasteiger partial charge < -0.3 is 40.7 Å². The normalized spacial score (nSPS) is 20.5. The lowest BCUT2D eigenvalue weighted by atomic mass is 9.59. The highest BCUT2D eigenvalue weighted by Gasteiger charge is 2.56. The lowest BCUT2D eigenvalue weighted by Crippen LogP contribution is -2.55. The van der Waals surface area contributed by atoms with Gasteiger partial charge in [0.1, 0.15) is 29.4 Å². The maximum absolute atomic E-state index is 14.2. The van der Waals surface area contributed by atoms with Crippen molar-refractivity contribution in [1.82, 2.24) is 9.80 Å². The molecule has 0 spiro atoms. The molecule has 58 heavy (non-hydrogen) atoms. The summed E-state index contributed by atoms with van der Waals surface area (Å²) < 4.78 is 49.9. The van der Waals surface area contributed by atoms with Gasteiger partial charge in [0.15, 0.2) is 11.6 Å². The number of Topliss-reactive ketones (excluding diaryl/α,β-unsaturated/α-hetero) is 2. The molecule has 0 aliphatic heterocycles. The Bertz CT molecular complexity index is 2160. The van der Waals surface area contributed by atoms with Crippen LogP contribution in [-0.4, -0.2) is 114 Å². The molecule has 4 unspecified atom stereocenters. The topological polar surface area (TPSA) is 229 Å². The number of esters is 1. The highest BCUT2D eigenvalue weighted by molar-refractivity contribution is 6.28. The van der Waals surface area contributed by atoms with Crippen molar-refractivity contribution in [3.05, 3.63) is 69.5 Å². The van der Waals surface area contributed by atoms with Crippen LogP contribution in [0.15, 0.2) is 47.2 Å². The summed E-state index contributed by atoms with van der Waals surface area (Å²) in [5, 5.41) is 36.8. The highest BCUT2D eigenvalue weighted by Crippen LogP contribution is 2.53. The minimum absolute atomic E-state index is 0.0937. The third-order valence-corrected chi connectivity index (χ3v) is 10.5. The molecule has 312 valence electrons. The van der Waals surface area contributed by atoms with E-state index in [4.69, 9.17) is 15.2 Å². The van der Waals surface area contributed by atoms with Crippen LogP contribution in [-0.2, 0) is 41.2 Å². The molecule has 0 bridgehead atoms. The first kappa shape index (κ1) is 43.0. The maximum atomic E-state index is 14.2. The van der Waals surface area contributed by atoms with E-state index in [1.165, 1.54) is 12.1 Å². The number of likely N-dealkylation sites (N-methyl/N-ethyl adjacent to an activating group) is 1. The van der Waals surface area contributed by atoms with Gasteiger partial charge in [0.25, 0.3) is 5.91 Å². The van der Waals surface area contributed by atoms with E-state index < -0.39 is 118 Å². The fourth-order valence-electron chi connectivity index (χ4n) is 7.91. The molecule has 19 heteroatoms. The van der Waals surface area contributed by atoms with Crippen molar-refractivity contribution in [2.45, 2.75) is 51.4 Å². The van der Waals surface area contributed by atoms with Crippen molar-refractivity contribution in [2.24, 2.45) is 23.5 Å². The third-order valence-electron chi connectivity index (χ3n) is 10.5. The standard InChI is InChI=1S/C39H44F3N5O11/c1-38(2,3)47(37(56)58-16-57-36(55)18-10-8-9-11-21(18)39(40,41)42)15-24(48)44-22-14-23(45(4)5)19-12-17-13-20-27(32(51)25(17)31(50)26(19)30(22)49)33(52)28(35(43)54)34(53)29(20)46(6)7/h8-11,14,17,20,27,29,49-50,53H,12-13,15-16H2,1-7H3,(H2,43,54)(H,44,48). The van der Waals surface area contributed by atoms with Crippen molar-refractivity contribution >= 4 is 52.6 Å². The number of nitrogens with zero attached hydrogens (tertiary/aromatic N) is 3. The van der Waals surface area contributed by atoms with Crippen LogP contribution in [0.2, 0.25) is 0 Å². The third kappa shape index (κ3) is 7.90. The molecule has 3 amide bonds. The molecule has 2 aromatic carbocycles. The van der Waals surface area contributed by atoms with Crippen LogP contribution < -0.4 is 16.0 Å². The van der Waals surface area contributed by atoms with Crippen molar-refractivity contribution < 1.29 is 66.7 Å². The number of carbonyl (C=O) groups excluding carboxylic acids is 6. The largest absolute Gasteiger partial charge is 0.510 e. The number of nitrogens with one attached hydrogen (secondary N) is 1. The van der Waals surface area contributed by atoms with Gasteiger partial charge in [0.05, 0.1) is 34.3 Å². The number of alkyl halides is 3. The molecule has 6 N–H and O–H groups in total. The average Bonchev–Trinajstić information content (AvgIpc) is 3.10. The molecule has 3 aliphatic carbocycles. The Balaban J connectivity index is 1.40. The molecule has 0 saturated heterocycles. The second-order valence-electron chi connectivity index (χ2n) is 15.7. The van der Waals surface area contributed by atoms with Crippen molar-refractivity contribution in [2.75, 3.05) is 51.7 Å². The minimum Gasteiger partial charge on any atom is -0.510 e. The molecule has 4 atom stereocenters. The van der Waals surface area contributed by atoms with Crippen molar-refractivity contribution in [3.63, 3.8) is 0 Å². The Morgan fingerprint density at radius 3 is 2.17 bits per heavy atom. The van der Waals surface area contributed by atoms with Crippen LogP contribution in [0.1, 0.15) is 54.2 Å². The summed E-state index contributed by atoms with van der Waals surface area (Å²) in [5.41, 5.74) is 1.81. The molecule has 0 radical (unpaired) electrons. The minimum atomic E-state index is -4.86. The van der Waals surface area contributed by atoms with E-state index in [0.29, 0.717) is 17.3 Å². The molecule has 2 aromatic rings. The van der Waals surface area contributed by atoms with E-state index in [9.17, 15) is 57.3 Å². The van der Waals surface area contributed by atoms with Crippen LogP contribution in [0.25, 0.3) is 5.76 Å². The van der Waals surface area contributed by atoms with E-state index in [1.807, 2.05) is 0 Å². The zero-order valence-electron chi connectivity index (χ0n) is 32.7. The van der Waals surface area contributed by atoms with E-state index in [1.54, 1.807) is 58.8 Å². The fourth-order valence-corrected chi connectivity index (χ4v) is 7.91. The molecular weight excluding hydrogens is 771 g/mol. The summed E-state index contributed by atoms with van der Waals surface area (Å²) in [6.45, 7) is 2.83. The summed E-state index contributed by atoms with van der Waals surface area (Å²) in [6, 6.07) is 4.39. The van der Waals surface area contributed by atoms with Gasteiger partial charge in [-0.1, -0.05) is 12.1 Å². The number of ether oxygens (including phenoxy) is 2. The SMILES string of the molecule is CN(C)c1cc(NC(=O)CN(C(=O)OCOC(=O)c2ccccc2C(F)(F)F)C(C)(C)C)c(O)c2c1CC1CC3C(C(=O)C(C(N)=O)=C(O)C3N(C)C)C(=O)C1=C2O. The number of hydrogen-bond acceptors (Lipinski definition) is 13. The first-order valence-electron chi connectivity index (χ1n) is 17.9. The number of aliphatic hydroxyl groups excluding tert-OH is 2. The summed E-state index contributed by atoms with van der Waals surface area (Å²) >= 11 is 0. The van der Waals surface area contributed by atoms with E-state index in [0.717, 1.165) is 17.0 Å². The second kappa shape index (κ2) is 15.7. The van der Waals surface area contributed by atoms with Crippen LogP contribution >= 0.6 is 0 Å². The number of primary amides is 1. The molecule has 16 nitrogen and oxygen atoms in total. The lowest BCUT2D eigenvalue weighted by molar-refractivity contribution is -0.139. The van der Waals surface area contributed by atoms with Gasteiger partial charge in [-0.15, -0.1) is 0 Å². The van der Waals surface area contributed by atoms with Gasteiger partial charge in [0.2, 0.25) is 12.7 Å². The summed E-state index contributed by atoms with van der Waals surface area (Å²) in [6.07, 6.45) is -5.81. The summed E-state index contributed by atoms with van der Waals surface area (Å²) in [5.74, 6) is -10.0. The predicted octanol–water partition coefficient (Wildman–Crippen LogP) is 3.92. The predicted molar refractivity (Wildman–Crippen MR) is 200 cm³/mol. The number of rotatable bonds is 9. The van der Waals surface area contributed by atoms with E-state index in [-0.39, 0.29) is 29.7 Å². The van der Waals surface area contributed by atoms with Crippen LogP contribution in [0.3, 0.4) is 0 Å². The zero-order valence-corrected chi connectivity index (χ0v) is 32.7. The summed E-state index contributed by atoms with van der Waals surface area (Å²) in [4.78, 5) is 83.2. The molecular formula is C39H44F3N5O11. The van der Waals surface area contributed by atoms with Crippen molar-refractivity contribution in [3.8, 4) is 5.75 Å². The number of anilines is 2. The number of nitrogens with two attached hydrogens (primary N) is 1. The number of aliphatic hydroxyl groups is 2. The quantitative estimate of drug-likeness (QED) is 0.0796. The lowest BCUT2D eigenvalue weighted by Gasteiger charge is -2.46. The average molecular weight is 816 g/mol.